The van der Waals surface area contributed by atoms with Gasteiger partial charge in [0.2, 0.25) is 0 Å². The predicted octanol–water partition coefficient (Wildman–Crippen LogP) is 4.56. The lowest BCUT2D eigenvalue weighted by molar-refractivity contribution is -0.125. The molecule has 0 N–H and O–H groups in total. The molecule has 0 radical (unpaired) electrons. The molecule has 3 aliphatic rings. The Kier molecular flexibility index (Phi) is 6.49. The zero-order valence-corrected chi connectivity index (χ0v) is 19.3. The third kappa shape index (κ3) is 4.56. The molecule has 2 aliphatic heterocycles. The zero-order chi connectivity index (χ0) is 22.1. The van der Waals surface area contributed by atoms with Gasteiger partial charge in [0.1, 0.15) is 11.7 Å². The number of benzene rings is 1. The third-order valence-corrected chi connectivity index (χ3v) is 7.61. The Morgan fingerprint density at radius 1 is 0.903 bits per heavy atom. The van der Waals surface area contributed by atoms with Crippen LogP contribution in [0, 0.1) is 32.6 Å². The summed E-state index contributed by atoms with van der Waals surface area (Å²) < 4.78 is 0. The molecule has 2 amide bonds. The number of hydrogen-bond donors (Lipinski definition) is 0. The van der Waals surface area contributed by atoms with Crippen LogP contribution in [0.5, 0.6) is 0 Å². The minimum atomic E-state index is -0.577. The Morgan fingerprint density at radius 3 is 2.10 bits per heavy atom. The zero-order valence-electron chi connectivity index (χ0n) is 19.3. The van der Waals surface area contributed by atoms with Gasteiger partial charge in [-0.2, -0.15) is 0 Å². The average Bonchev–Trinajstić information content (AvgIpc) is 3.01. The number of amides is 2. The molecule has 1 aliphatic carbocycles. The Hall–Kier alpha value is -2.17. The number of hydrogen-bond acceptors (Lipinski definition) is 3. The van der Waals surface area contributed by atoms with Gasteiger partial charge in [-0.05, 0) is 81.9 Å². The second kappa shape index (κ2) is 9.13. The highest BCUT2D eigenvalue weighted by Gasteiger charge is 2.44. The van der Waals surface area contributed by atoms with Crippen LogP contribution in [-0.2, 0) is 9.59 Å². The Morgan fingerprint density at radius 2 is 1.48 bits per heavy atom. The lowest BCUT2D eigenvalue weighted by atomic mass is 9.83. The van der Waals surface area contributed by atoms with E-state index in [2.05, 4.69) is 12.1 Å². The molecule has 2 unspecified atom stereocenters. The molecule has 0 spiro atoms. The van der Waals surface area contributed by atoms with Gasteiger partial charge in [0.15, 0.2) is 5.78 Å². The number of ketones is 2. The maximum Gasteiger partial charge on any atom is 0.319 e. The van der Waals surface area contributed by atoms with Crippen LogP contribution in [-0.4, -0.2) is 53.6 Å². The number of carbonyl (C=O) groups excluding carboxylic acids is 3. The van der Waals surface area contributed by atoms with Crippen LogP contribution >= 0.6 is 0 Å². The fraction of sp³-hybridized carbons (Fsp3) is 0.654. The first-order valence-corrected chi connectivity index (χ1v) is 12.0. The van der Waals surface area contributed by atoms with E-state index in [9.17, 15) is 14.4 Å². The van der Waals surface area contributed by atoms with Gasteiger partial charge in [-0.3, -0.25) is 9.59 Å². The van der Waals surface area contributed by atoms with Crippen molar-refractivity contribution in [2.24, 2.45) is 11.8 Å². The van der Waals surface area contributed by atoms with Gasteiger partial charge >= 0.3 is 6.03 Å². The van der Waals surface area contributed by atoms with Gasteiger partial charge in [-0.25, -0.2) is 4.79 Å². The second-order valence-electron chi connectivity index (χ2n) is 10.0. The Balaban J connectivity index is 1.35. The van der Waals surface area contributed by atoms with Crippen molar-refractivity contribution in [3.63, 3.8) is 0 Å². The van der Waals surface area contributed by atoms with Gasteiger partial charge in [0.25, 0.3) is 0 Å². The highest BCUT2D eigenvalue weighted by molar-refractivity contribution is 6.15. The van der Waals surface area contributed by atoms with E-state index in [4.69, 9.17) is 0 Å². The van der Waals surface area contributed by atoms with Gasteiger partial charge in [-0.1, -0.05) is 17.7 Å². The lowest BCUT2D eigenvalue weighted by Crippen LogP contribution is -2.48. The molecule has 1 aromatic carbocycles. The first kappa shape index (κ1) is 22.0. The summed E-state index contributed by atoms with van der Waals surface area (Å²) in [4.78, 5) is 42.9. The topological polar surface area (TPSA) is 57.7 Å². The summed E-state index contributed by atoms with van der Waals surface area (Å²) in [7, 11) is 0. The van der Waals surface area contributed by atoms with E-state index < -0.39 is 5.92 Å². The van der Waals surface area contributed by atoms with Crippen molar-refractivity contribution in [3.8, 4) is 0 Å². The van der Waals surface area contributed by atoms with Crippen molar-refractivity contribution >= 4 is 17.6 Å². The Bertz CT molecular complexity index is 840. The van der Waals surface area contributed by atoms with Crippen LogP contribution in [0.4, 0.5) is 4.79 Å². The van der Waals surface area contributed by atoms with E-state index >= 15 is 0 Å². The van der Waals surface area contributed by atoms with Crippen LogP contribution in [0.3, 0.4) is 0 Å². The van der Waals surface area contributed by atoms with Gasteiger partial charge in [0, 0.05) is 38.5 Å². The van der Waals surface area contributed by atoms with Crippen molar-refractivity contribution in [1.82, 2.24) is 9.80 Å². The summed E-state index contributed by atoms with van der Waals surface area (Å²) >= 11 is 0. The molecule has 0 bridgehead atoms. The largest absolute Gasteiger partial charge is 0.325 e. The molecule has 3 fully saturated rings. The van der Waals surface area contributed by atoms with E-state index in [0.717, 1.165) is 75.0 Å². The summed E-state index contributed by atoms with van der Waals surface area (Å²) in [5.41, 5.74) is 4.20. The van der Waals surface area contributed by atoms with E-state index in [0.29, 0.717) is 12.3 Å². The van der Waals surface area contributed by atoms with Crippen LogP contribution < -0.4 is 0 Å². The summed E-state index contributed by atoms with van der Waals surface area (Å²) in [6, 6.07) is 4.34. The number of likely N-dealkylation sites (tertiary alicyclic amines) is 2. The molecule has 1 aromatic rings. The fourth-order valence-corrected chi connectivity index (χ4v) is 6.05. The van der Waals surface area contributed by atoms with Crippen molar-refractivity contribution in [2.75, 3.05) is 26.2 Å². The Labute approximate surface area is 186 Å². The number of nitrogens with zero attached hydrogens (tertiary/aromatic N) is 2. The van der Waals surface area contributed by atoms with E-state index in [1.165, 1.54) is 12.0 Å². The molecule has 168 valence electrons. The summed E-state index contributed by atoms with van der Waals surface area (Å²) in [6.07, 6.45) is 6.49. The highest BCUT2D eigenvalue weighted by atomic mass is 16.2. The lowest BCUT2D eigenvalue weighted by Gasteiger charge is -2.37. The molecule has 31 heavy (non-hydrogen) atoms. The van der Waals surface area contributed by atoms with Crippen molar-refractivity contribution in [3.05, 3.63) is 34.4 Å². The molecule has 2 saturated heterocycles. The number of carbonyl (C=O) groups is 3. The van der Waals surface area contributed by atoms with Crippen molar-refractivity contribution in [2.45, 2.75) is 71.6 Å². The predicted molar refractivity (Wildman–Crippen MR) is 121 cm³/mol. The van der Waals surface area contributed by atoms with Crippen LogP contribution in [0.25, 0.3) is 0 Å². The molecule has 4 rings (SSSR count). The molecule has 2 atom stereocenters. The van der Waals surface area contributed by atoms with Gasteiger partial charge in [-0.15, -0.1) is 0 Å². The number of aryl methyl sites for hydroxylation is 3. The number of rotatable bonds is 3. The van der Waals surface area contributed by atoms with Crippen LogP contribution in [0.2, 0.25) is 0 Å². The average molecular weight is 425 g/mol. The number of Topliss-reactive ketones (excluding diaryl/α,β-unsaturated/α-hetero) is 2. The molecule has 0 aromatic heterocycles. The highest BCUT2D eigenvalue weighted by Crippen LogP contribution is 2.40. The fourth-order valence-electron chi connectivity index (χ4n) is 6.05. The van der Waals surface area contributed by atoms with Crippen molar-refractivity contribution < 1.29 is 14.4 Å². The van der Waals surface area contributed by atoms with E-state index in [-0.39, 0.29) is 23.5 Å². The maximum atomic E-state index is 13.3. The normalized spacial score (nSPS) is 25.4. The molecule has 5 heteroatoms. The van der Waals surface area contributed by atoms with Gasteiger partial charge in [0.05, 0.1) is 0 Å². The molecular formula is C26H36N2O3. The SMILES string of the molecule is Cc1cc(C)c(C2C(=O)CC(CC3CCN(C(=O)N4CCCCC4)CC3)C2=O)c(C)c1. The monoisotopic (exact) mass is 424 g/mol. The van der Waals surface area contributed by atoms with Crippen LogP contribution in [0.15, 0.2) is 12.1 Å². The van der Waals surface area contributed by atoms with Crippen LogP contribution in [0.1, 0.15) is 73.1 Å². The number of urea groups is 1. The molecule has 5 nitrogen and oxygen atoms in total. The maximum absolute atomic E-state index is 13.3. The standard InChI is InChI=1S/C26H36N2O3/c1-17-13-18(2)23(19(3)14-17)24-22(29)16-21(25(24)30)15-20-7-11-28(12-8-20)26(31)27-9-5-4-6-10-27/h13-14,20-21,24H,4-12,15-16H2,1-3H3. The molecular weight excluding hydrogens is 388 g/mol. The van der Waals surface area contributed by atoms with E-state index in [1.807, 2.05) is 30.6 Å². The summed E-state index contributed by atoms with van der Waals surface area (Å²) in [5, 5.41) is 0. The third-order valence-electron chi connectivity index (χ3n) is 7.61. The summed E-state index contributed by atoms with van der Waals surface area (Å²) in [6.45, 7) is 9.39. The minimum absolute atomic E-state index is 0.0859. The smallest absolute Gasteiger partial charge is 0.319 e. The van der Waals surface area contributed by atoms with Gasteiger partial charge < -0.3 is 9.80 Å². The van der Waals surface area contributed by atoms with Crippen molar-refractivity contribution in [1.29, 1.82) is 0 Å². The minimum Gasteiger partial charge on any atom is -0.325 e. The quantitative estimate of drug-likeness (QED) is 0.668. The van der Waals surface area contributed by atoms with E-state index in [1.54, 1.807) is 0 Å². The molecule has 1 saturated carbocycles. The number of piperidine rings is 2. The summed E-state index contributed by atoms with van der Waals surface area (Å²) in [5.74, 6) is -0.112. The first-order chi connectivity index (χ1) is 14.8. The second-order valence-corrected chi connectivity index (χ2v) is 10.0. The first-order valence-electron chi connectivity index (χ1n) is 12.0. The molecule has 2 heterocycles.